The van der Waals surface area contributed by atoms with E-state index in [0.717, 1.165) is 17.3 Å². The number of benzene rings is 1. The largest absolute Gasteiger partial charge is 0.466 e. The number of thioether (sulfide) groups is 1. The minimum Gasteiger partial charge on any atom is -0.394 e. The molecule has 5 atom stereocenters. The second-order valence-electron chi connectivity index (χ2n) is 5.79. The average Bonchev–Trinajstić information content (AvgIpc) is 2.64. The topological polar surface area (TPSA) is 166 Å². The number of ether oxygens (including phenoxy) is 1. The summed E-state index contributed by atoms with van der Waals surface area (Å²) in [4.78, 5) is 0. The van der Waals surface area contributed by atoms with Crippen molar-refractivity contribution in [2.45, 2.75) is 42.7 Å². The first-order valence-electron chi connectivity index (χ1n) is 7.95. The highest BCUT2D eigenvalue weighted by molar-refractivity contribution is 8.14. The smallest absolute Gasteiger partial charge is 0.394 e. The van der Waals surface area contributed by atoms with Crippen LogP contribution in [0.1, 0.15) is 12.0 Å². The Morgan fingerprint density at radius 1 is 1.15 bits per heavy atom. The van der Waals surface area contributed by atoms with Crippen LogP contribution in [-0.2, 0) is 25.8 Å². The van der Waals surface area contributed by atoms with E-state index in [-0.39, 0.29) is 11.5 Å². The van der Waals surface area contributed by atoms with Crippen LogP contribution >= 0.6 is 11.8 Å². The molecule has 0 radical (unpaired) electrons. The summed E-state index contributed by atoms with van der Waals surface area (Å²) in [5.74, 6) is 0. The molecule has 1 fully saturated rings. The molecule has 1 aromatic rings. The molecule has 27 heavy (non-hydrogen) atoms. The Labute approximate surface area is 160 Å². The summed E-state index contributed by atoms with van der Waals surface area (Å²) in [7, 11) is -4.82. The predicted octanol–water partition coefficient (Wildman–Crippen LogP) is -0.715. The van der Waals surface area contributed by atoms with Gasteiger partial charge in [-0.25, -0.2) is 4.28 Å². The van der Waals surface area contributed by atoms with Crippen LogP contribution in [0.3, 0.4) is 0 Å². The van der Waals surface area contributed by atoms with E-state index >= 15 is 0 Å². The molecule has 152 valence electrons. The quantitative estimate of drug-likeness (QED) is 0.163. The zero-order valence-corrected chi connectivity index (χ0v) is 15.7. The molecular weight excluding hydrogens is 402 g/mol. The van der Waals surface area contributed by atoms with Gasteiger partial charge in [0.15, 0.2) is 0 Å². The third kappa shape index (κ3) is 6.69. The number of nitrogens with zero attached hydrogens (tertiary/aromatic N) is 1. The Balaban J connectivity index is 2.12. The maximum Gasteiger partial charge on any atom is 0.466 e. The van der Waals surface area contributed by atoms with Crippen LogP contribution in [-0.4, -0.2) is 74.9 Å². The standard InChI is InChI=1S/C15H21NO9S2/c17-8-10-12(18)13(19)14(20)15(24-10)26-11(16-25-27(21,22)23)7-6-9-4-2-1-3-5-9/h1-5,10,12-15,17-20H,6-8H2,(H,21,22,23)/b16-11+/t10-,12-,13-,14-,15+/m1/s1. The van der Waals surface area contributed by atoms with Crippen LogP contribution in [0, 0.1) is 0 Å². The molecule has 1 aliphatic rings. The normalized spacial score (nSPS) is 29.5. The van der Waals surface area contributed by atoms with Crippen molar-refractivity contribution in [1.82, 2.24) is 0 Å². The fraction of sp³-hybridized carbons (Fsp3) is 0.533. The van der Waals surface area contributed by atoms with Crippen LogP contribution < -0.4 is 0 Å². The molecule has 0 saturated carbocycles. The van der Waals surface area contributed by atoms with Gasteiger partial charge in [-0.15, -0.1) is 0 Å². The van der Waals surface area contributed by atoms with Gasteiger partial charge in [-0.3, -0.25) is 4.55 Å². The summed E-state index contributed by atoms with van der Waals surface area (Å²) >= 11 is 0.754. The number of aliphatic hydroxyl groups is 4. The van der Waals surface area contributed by atoms with E-state index in [0.29, 0.717) is 6.42 Å². The molecule has 12 heteroatoms. The molecule has 1 saturated heterocycles. The fourth-order valence-corrected chi connectivity index (χ4v) is 3.71. The van der Waals surface area contributed by atoms with E-state index in [1.165, 1.54) is 0 Å². The number of aryl methyl sites for hydroxylation is 1. The van der Waals surface area contributed by atoms with Crippen LogP contribution in [0.4, 0.5) is 0 Å². The number of aliphatic hydroxyl groups excluding tert-OH is 4. The Kier molecular flexibility index (Phi) is 8.00. The van der Waals surface area contributed by atoms with Crippen molar-refractivity contribution in [2.75, 3.05) is 6.61 Å². The van der Waals surface area contributed by atoms with Crippen LogP contribution in [0.5, 0.6) is 0 Å². The van der Waals surface area contributed by atoms with E-state index in [1.807, 2.05) is 30.3 Å². The molecule has 0 amide bonds. The summed E-state index contributed by atoms with van der Waals surface area (Å²) in [6.45, 7) is -0.597. The molecule has 0 spiro atoms. The SMILES string of the molecule is O=S(=O)(O)O/N=C(\CCc1ccccc1)S[C@@H]1O[C@H](CO)[C@@H](O)[C@@H](O)[C@H]1O. The first-order valence-corrected chi connectivity index (χ1v) is 10.2. The molecule has 1 aliphatic heterocycles. The van der Waals surface area contributed by atoms with Crippen LogP contribution in [0.2, 0.25) is 0 Å². The van der Waals surface area contributed by atoms with Gasteiger partial charge < -0.3 is 25.2 Å². The van der Waals surface area contributed by atoms with Gasteiger partial charge in [0, 0.05) is 6.42 Å². The molecule has 0 aromatic heterocycles. The molecule has 0 aliphatic carbocycles. The third-order valence-corrected chi connectivity index (χ3v) is 5.24. The maximum absolute atomic E-state index is 10.8. The van der Waals surface area contributed by atoms with Crippen molar-refractivity contribution < 1.29 is 42.4 Å². The predicted molar refractivity (Wildman–Crippen MR) is 96.2 cm³/mol. The monoisotopic (exact) mass is 423 g/mol. The Hall–Kier alpha value is -1.25. The van der Waals surface area contributed by atoms with Crippen LogP contribution in [0.15, 0.2) is 35.5 Å². The third-order valence-electron chi connectivity index (χ3n) is 3.80. The van der Waals surface area contributed by atoms with E-state index in [1.54, 1.807) is 0 Å². The minimum atomic E-state index is -4.82. The Morgan fingerprint density at radius 3 is 2.41 bits per heavy atom. The molecular formula is C15H21NO9S2. The van der Waals surface area contributed by atoms with Gasteiger partial charge in [0.1, 0.15) is 34.9 Å². The highest BCUT2D eigenvalue weighted by Gasteiger charge is 2.44. The maximum atomic E-state index is 10.8. The van der Waals surface area contributed by atoms with Gasteiger partial charge >= 0.3 is 10.4 Å². The highest BCUT2D eigenvalue weighted by atomic mass is 32.3. The van der Waals surface area contributed by atoms with Crippen molar-refractivity contribution in [3.05, 3.63) is 35.9 Å². The van der Waals surface area contributed by atoms with Gasteiger partial charge in [0.2, 0.25) is 0 Å². The Bertz CT molecular complexity index is 726. The zero-order valence-electron chi connectivity index (χ0n) is 14.0. The van der Waals surface area contributed by atoms with Gasteiger partial charge in [-0.1, -0.05) is 47.2 Å². The first kappa shape index (κ1) is 22.0. The minimum absolute atomic E-state index is 0.0563. The van der Waals surface area contributed by atoms with Crippen LogP contribution in [0.25, 0.3) is 0 Å². The number of hydrogen-bond donors (Lipinski definition) is 5. The lowest BCUT2D eigenvalue weighted by Gasteiger charge is -2.39. The zero-order chi connectivity index (χ0) is 20.0. The Morgan fingerprint density at radius 2 is 1.81 bits per heavy atom. The number of rotatable bonds is 7. The van der Waals surface area contributed by atoms with E-state index in [4.69, 9.17) is 9.29 Å². The molecule has 5 N–H and O–H groups in total. The second kappa shape index (κ2) is 9.80. The summed E-state index contributed by atoms with van der Waals surface area (Å²) in [5.41, 5.74) is -0.230. The van der Waals surface area contributed by atoms with E-state index in [2.05, 4.69) is 9.44 Å². The first-order chi connectivity index (χ1) is 12.7. The van der Waals surface area contributed by atoms with E-state index < -0.39 is 46.9 Å². The van der Waals surface area contributed by atoms with Gasteiger partial charge in [-0.2, -0.15) is 8.42 Å². The van der Waals surface area contributed by atoms with Crippen molar-refractivity contribution in [3.8, 4) is 0 Å². The lowest BCUT2D eigenvalue weighted by Crippen LogP contribution is -2.57. The summed E-state index contributed by atoms with van der Waals surface area (Å²) in [6, 6.07) is 9.18. The molecule has 0 unspecified atom stereocenters. The van der Waals surface area contributed by atoms with Gasteiger partial charge in [0.05, 0.1) is 6.61 Å². The van der Waals surface area contributed by atoms with E-state index in [9.17, 15) is 28.8 Å². The highest BCUT2D eigenvalue weighted by Crippen LogP contribution is 2.30. The van der Waals surface area contributed by atoms with Crippen molar-refractivity contribution in [3.63, 3.8) is 0 Å². The molecule has 1 heterocycles. The fourth-order valence-electron chi connectivity index (χ4n) is 2.41. The molecule has 2 rings (SSSR count). The average molecular weight is 423 g/mol. The summed E-state index contributed by atoms with van der Waals surface area (Å²) in [6.07, 6.45) is -5.11. The van der Waals surface area contributed by atoms with Gasteiger partial charge in [0.25, 0.3) is 0 Å². The lowest BCUT2D eigenvalue weighted by molar-refractivity contribution is -0.205. The molecule has 10 nitrogen and oxygen atoms in total. The van der Waals surface area contributed by atoms with Crippen molar-refractivity contribution >= 4 is 27.2 Å². The van der Waals surface area contributed by atoms with Gasteiger partial charge in [-0.05, 0) is 12.0 Å². The summed E-state index contributed by atoms with van der Waals surface area (Å²) < 4.78 is 39.7. The van der Waals surface area contributed by atoms with Crippen molar-refractivity contribution in [2.24, 2.45) is 5.16 Å². The number of hydrogen-bond acceptors (Lipinski definition) is 10. The summed E-state index contributed by atoms with van der Waals surface area (Å²) in [5, 5.41) is 42.4. The van der Waals surface area contributed by atoms with Crippen molar-refractivity contribution in [1.29, 1.82) is 0 Å². The molecule has 1 aromatic carbocycles. The number of oxime groups is 1. The molecule has 0 bridgehead atoms. The lowest BCUT2D eigenvalue weighted by atomic mass is 10.0. The second-order valence-corrected chi connectivity index (χ2v) is 7.96.